The number of anilines is 2. The summed E-state index contributed by atoms with van der Waals surface area (Å²) < 4.78 is 1.26. The van der Waals surface area contributed by atoms with Gasteiger partial charge < -0.3 is 9.80 Å². The second-order valence-corrected chi connectivity index (χ2v) is 8.32. The van der Waals surface area contributed by atoms with Gasteiger partial charge in [-0.15, -0.1) is 0 Å². The van der Waals surface area contributed by atoms with Gasteiger partial charge in [0.2, 0.25) is 0 Å². The van der Waals surface area contributed by atoms with Crippen LogP contribution in [0.25, 0.3) is 21.3 Å². The third-order valence-electron chi connectivity index (χ3n) is 5.21. The van der Waals surface area contributed by atoms with Crippen LogP contribution in [0, 0.1) is 0 Å². The molecule has 7 heteroatoms. The molecule has 0 bridgehead atoms. The van der Waals surface area contributed by atoms with E-state index in [1.807, 2.05) is 24.3 Å². The number of aromatic nitrogens is 3. The molecule has 1 fully saturated rings. The Morgan fingerprint density at radius 2 is 1.61 bits per heavy atom. The van der Waals surface area contributed by atoms with Gasteiger partial charge in [0.25, 0.3) is 0 Å². The lowest BCUT2D eigenvalue weighted by atomic mass is 10.2. The number of hydrogen-bond acceptors (Lipinski definition) is 6. The lowest BCUT2D eigenvalue weighted by molar-refractivity contribution is 0.646. The molecule has 1 aliphatic heterocycles. The van der Waals surface area contributed by atoms with E-state index in [9.17, 15) is 0 Å². The van der Waals surface area contributed by atoms with Crippen LogP contribution in [0.1, 0.15) is 12.5 Å². The molecular weight excluding hydrogens is 390 g/mol. The molecule has 0 spiro atoms. The van der Waals surface area contributed by atoms with Gasteiger partial charge in [-0.25, -0.2) is 15.0 Å². The van der Waals surface area contributed by atoms with Gasteiger partial charge >= 0.3 is 0 Å². The Hall–Kier alpha value is -2.44. The Morgan fingerprint density at radius 1 is 0.893 bits per heavy atom. The van der Waals surface area contributed by atoms with Gasteiger partial charge in [0.05, 0.1) is 21.3 Å². The maximum atomic E-state index is 6.43. The van der Waals surface area contributed by atoms with Crippen molar-refractivity contribution in [2.75, 3.05) is 36.0 Å². The number of thiazole rings is 1. The van der Waals surface area contributed by atoms with Crippen molar-refractivity contribution >= 4 is 55.1 Å². The van der Waals surface area contributed by atoms with Gasteiger partial charge in [-0.1, -0.05) is 48.1 Å². The van der Waals surface area contributed by atoms with E-state index in [4.69, 9.17) is 21.6 Å². The zero-order valence-electron chi connectivity index (χ0n) is 15.6. The summed E-state index contributed by atoms with van der Waals surface area (Å²) in [6.07, 6.45) is 1.05. The quantitative estimate of drug-likeness (QED) is 0.487. The predicted molar refractivity (Wildman–Crippen MR) is 118 cm³/mol. The summed E-state index contributed by atoms with van der Waals surface area (Å²) in [6.45, 7) is 5.67. The number of hydrogen-bond donors (Lipinski definition) is 0. The first-order chi connectivity index (χ1) is 13.7. The Balaban J connectivity index is 1.36. The average molecular weight is 410 g/mol. The minimum Gasteiger partial charge on any atom is -0.350 e. The van der Waals surface area contributed by atoms with E-state index in [0.29, 0.717) is 5.15 Å². The van der Waals surface area contributed by atoms with Gasteiger partial charge in [0.1, 0.15) is 0 Å². The molecule has 3 heterocycles. The molecule has 5 rings (SSSR count). The van der Waals surface area contributed by atoms with Crippen molar-refractivity contribution < 1.29 is 0 Å². The van der Waals surface area contributed by atoms with Crippen LogP contribution in [0.2, 0.25) is 5.15 Å². The summed E-state index contributed by atoms with van der Waals surface area (Å²) in [4.78, 5) is 18.7. The normalized spacial score (nSPS) is 14.9. The molecule has 0 amide bonds. The molecule has 0 atom stereocenters. The Morgan fingerprint density at radius 3 is 2.36 bits per heavy atom. The van der Waals surface area contributed by atoms with Crippen LogP contribution in [0.4, 0.5) is 10.9 Å². The molecule has 4 aromatic rings. The number of piperazine rings is 1. The zero-order valence-corrected chi connectivity index (χ0v) is 17.2. The van der Waals surface area contributed by atoms with E-state index in [-0.39, 0.29) is 0 Å². The molecule has 0 unspecified atom stereocenters. The summed E-state index contributed by atoms with van der Waals surface area (Å²) in [5, 5.41) is 1.57. The molecule has 2 aromatic carbocycles. The van der Waals surface area contributed by atoms with Crippen LogP contribution in [0.3, 0.4) is 0 Å². The number of aryl methyl sites for hydroxylation is 1. The van der Waals surface area contributed by atoms with Crippen LogP contribution >= 0.6 is 22.9 Å². The highest BCUT2D eigenvalue weighted by Crippen LogP contribution is 2.31. The summed E-state index contributed by atoms with van der Waals surface area (Å²) in [5.41, 5.74) is 4.15. The van der Waals surface area contributed by atoms with Gasteiger partial charge in [-0.3, -0.25) is 0 Å². The summed E-state index contributed by atoms with van der Waals surface area (Å²) in [7, 11) is 0. The average Bonchev–Trinajstić information content (AvgIpc) is 3.16. The maximum Gasteiger partial charge on any atom is 0.186 e. The topological polar surface area (TPSA) is 45.2 Å². The molecule has 2 aromatic heterocycles. The van der Waals surface area contributed by atoms with E-state index in [0.717, 1.165) is 60.1 Å². The van der Waals surface area contributed by atoms with E-state index in [2.05, 4.69) is 39.9 Å². The number of halogens is 1. The molecule has 142 valence electrons. The number of fused-ring (bicyclic) bond motifs is 2. The highest BCUT2D eigenvalue weighted by Gasteiger charge is 2.23. The molecule has 0 aliphatic carbocycles. The molecule has 1 saturated heterocycles. The SMILES string of the molecule is CCc1ccc2nc(N3CCN(c4nc5ccccc5nc4Cl)CC3)sc2c1. The van der Waals surface area contributed by atoms with Crippen LogP contribution in [0.5, 0.6) is 0 Å². The summed E-state index contributed by atoms with van der Waals surface area (Å²) in [5.74, 6) is 0.775. The number of para-hydroxylation sites is 2. The fraction of sp³-hybridized carbons (Fsp3) is 0.286. The molecule has 0 saturated carbocycles. The van der Waals surface area contributed by atoms with Gasteiger partial charge in [-0.2, -0.15) is 0 Å². The van der Waals surface area contributed by atoms with Crippen molar-refractivity contribution in [2.24, 2.45) is 0 Å². The minimum atomic E-state index is 0.472. The van der Waals surface area contributed by atoms with Crippen LogP contribution in [-0.4, -0.2) is 41.1 Å². The zero-order chi connectivity index (χ0) is 19.1. The Labute approximate surface area is 172 Å². The summed E-state index contributed by atoms with van der Waals surface area (Å²) >= 11 is 8.21. The van der Waals surface area contributed by atoms with E-state index in [1.54, 1.807) is 11.3 Å². The molecule has 28 heavy (non-hydrogen) atoms. The molecule has 0 N–H and O–H groups in total. The Bertz CT molecular complexity index is 1150. The molecule has 0 radical (unpaired) electrons. The van der Waals surface area contributed by atoms with Gasteiger partial charge in [0.15, 0.2) is 16.1 Å². The van der Waals surface area contributed by atoms with Crippen molar-refractivity contribution in [1.82, 2.24) is 15.0 Å². The van der Waals surface area contributed by atoms with Crippen LogP contribution in [0.15, 0.2) is 42.5 Å². The van der Waals surface area contributed by atoms with Crippen molar-refractivity contribution in [2.45, 2.75) is 13.3 Å². The lowest BCUT2D eigenvalue weighted by Gasteiger charge is -2.35. The van der Waals surface area contributed by atoms with Crippen molar-refractivity contribution in [3.8, 4) is 0 Å². The van der Waals surface area contributed by atoms with Gasteiger partial charge in [0, 0.05) is 26.2 Å². The molecule has 1 aliphatic rings. The number of rotatable bonds is 3. The highest BCUT2D eigenvalue weighted by atomic mass is 35.5. The first kappa shape index (κ1) is 17.6. The van der Waals surface area contributed by atoms with E-state index in [1.165, 1.54) is 10.3 Å². The summed E-state index contributed by atoms with van der Waals surface area (Å²) in [6, 6.07) is 14.4. The smallest absolute Gasteiger partial charge is 0.186 e. The van der Waals surface area contributed by atoms with Crippen LogP contribution in [-0.2, 0) is 6.42 Å². The van der Waals surface area contributed by atoms with Crippen molar-refractivity contribution in [3.05, 3.63) is 53.2 Å². The predicted octanol–water partition coefficient (Wildman–Crippen LogP) is 4.78. The fourth-order valence-electron chi connectivity index (χ4n) is 3.59. The number of benzene rings is 2. The lowest BCUT2D eigenvalue weighted by Crippen LogP contribution is -2.47. The highest BCUT2D eigenvalue weighted by molar-refractivity contribution is 7.22. The fourth-order valence-corrected chi connectivity index (χ4v) is 4.93. The standard InChI is InChI=1S/C21H20ClN5S/c1-2-14-7-8-17-18(13-14)28-21(25-17)27-11-9-26(10-12-27)20-19(22)23-15-5-3-4-6-16(15)24-20/h3-8,13H,2,9-12H2,1H3. The second kappa shape index (κ2) is 7.18. The largest absolute Gasteiger partial charge is 0.350 e. The van der Waals surface area contributed by atoms with Crippen molar-refractivity contribution in [3.63, 3.8) is 0 Å². The number of nitrogens with zero attached hydrogens (tertiary/aromatic N) is 5. The Kier molecular flexibility index (Phi) is 4.53. The van der Waals surface area contributed by atoms with Crippen molar-refractivity contribution in [1.29, 1.82) is 0 Å². The second-order valence-electron chi connectivity index (χ2n) is 6.95. The van der Waals surface area contributed by atoms with Gasteiger partial charge in [-0.05, 0) is 36.2 Å². The first-order valence-corrected chi connectivity index (χ1v) is 10.7. The molecule has 5 nitrogen and oxygen atoms in total. The van der Waals surface area contributed by atoms with E-state index < -0.39 is 0 Å². The first-order valence-electron chi connectivity index (χ1n) is 9.53. The van der Waals surface area contributed by atoms with Crippen LogP contribution < -0.4 is 9.80 Å². The minimum absolute atomic E-state index is 0.472. The van der Waals surface area contributed by atoms with E-state index >= 15 is 0 Å². The third-order valence-corrected chi connectivity index (χ3v) is 6.54. The monoisotopic (exact) mass is 409 g/mol. The maximum absolute atomic E-state index is 6.43. The molecular formula is C21H20ClN5S. The third kappa shape index (κ3) is 3.16.